The Morgan fingerprint density at radius 3 is 2.81 bits per heavy atom. The van der Waals surface area contributed by atoms with E-state index in [4.69, 9.17) is 9.57 Å². The van der Waals surface area contributed by atoms with Crippen molar-refractivity contribution in [3.63, 3.8) is 0 Å². The smallest absolute Gasteiger partial charge is 0.416 e. The van der Waals surface area contributed by atoms with Crippen LogP contribution in [0.2, 0.25) is 0 Å². The molecule has 2 aliphatic heterocycles. The van der Waals surface area contributed by atoms with Crippen molar-refractivity contribution < 1.29 is 33.9 Å². The van der Waals surface area contributed by atoms with Gasteiger partial charge in [-0.25, -0.2) is 24.7 Å². The van der Waals surface area contributed by atoms with Gasteiger partial charge in [0, 0.05) is 25.0 Å². The summed E-state index contributed by atoms with van der Waals surface area (Å²) in [7, 11) is 1.25. The average Bonchev–Trinajstić information content (AvgIpc) is 3.54. The van der Waals surface area contributed by atoms with Crippen molar-refractivity contribution in [1.82, 2.24) is 20.3 Å². The van der Waals surface area contributed by atoms with Crippen molar-refractivity contribution in [2.75, 3.05) is 38.3 Å². The zero-order valence-corrected chi connectivity index (χ0v) is 20.6. The highest BCUT2D eigenvalue weighted by Gasteiger charge is 2.46. The van der Waals surface area contributed by atoms with Gasteiger partial charge in [-0.15, -0.1) is 24.5 Å². The van der Waals surface area contributed by atoms with Gasteiger partial charge in [0.2, 0.25) is 0 Å². The lowest BCUT2D eigenvalue weighted by molar-refractivity contribution is -0.141. The summed E-state index contributed by atoms with van der Waals surface area (Å²) >= 11 is 1.08. The largest absolute Gasteiger partial charge is 0.481 e. The molecule has 0 saturated carbocycles. The van der Waals surface area contributed by atoms with Crippen molar-refractivity contribution in [2.24, 2.45) is 11.1 Å². The van der Waals surface area contributed by atoms with Gasteiger partial charge in [-0.05, 0) is 13.0 Å². The number of carboxylic acid groups (broad SMARTS) is 1. The molecule has 2 atom stereocenters. The molecule has 3 heterocycles. The molecule has 0 spiro atoms. The molecule has 2 N–H and O–H groups in total. The summed E-state index contributed by atoms with van der Waals surface area (Å²) < 4.78 is 5.04. The number of aliphatic carboxylic acids is 1. The number of carbonyl (C=O) groups excluding carboxylic acids is 3. The SMILES string of the molecule is C=CCN(C(=O)OCC)c1nc(/C(=N/OC)C(=O)N[C@H]2CN3CC=C(C(C=C)C(=O)O)N3C2=O)cs1. The van der Waals surface area contributed by atoms with Crippen LogP contribution in [0.5, 0.6) is 0 Å². The van der Waals surface area contributed by atoms with E-state index < -0.39 is 35.8 Å². The predicted octanol–water partition coefficient (Wildman–Crippen LogP) is 0.971. The average molecular weight is 519 g/mol. The number of carbonyl (C=O) groups is 4. The van der Waals surface area contributed by atoms with E-state index in [0.29, 0.717) is 6.54 Å². The number of oxime groups is 1. The minimum absolute atomic E-state index is 0.122. The van der Waals surface area contributed by atoms with Crippen LogP contribution in [-0.2, 0) is 24.0 Å². The van der Waals surface area contributed by atoms with Crippen molar-refractivity contribution in [3.05, 3.63) is 48.2 Å². The number of anilines is 1. The number of nitrogens with zero attached hydrogens (tertiary/aromatic N) is 5. The molecule has 0 aliphatic carbocycles. The van der Waals surface area contributed by atoms with E-state index in [-0.39, 0.29) is 41.9 Å². The topological polar surface area (TPSA) is 154 Å². The fourth-order valence-corrected chi connectivity index (χ4v) is 4.49. The summed E-state index contributed by atoms with van der Waals surface area (Å²) in [5.41, 5.74) is 0.190. The number of carboxylic acids is 1. The molecule has 0 bridgehead atoms. The van der Waals surface area contributed by atoms with Gasteiger partial charge in [0.1, 0.15) is 24.8 Å². The monoisotopic (exact) mass is 518 g/mol. The summed E-state index contributed by atoms with van der Waals surface area (Å²) in [6.07, 6.45) is 3.77. The fraction of sp³-hybridized carbons (Fsp3) is 0.364. The van der Waals surface area contributed by atoms with E-state index in [1.54, 1.807) is 18.0 Å². The number of aromatic nitrogens is 1. The summed E-state index contributed by atoms with van der Waals surface area (Å²) in [4.78, 5) is 60.3. The van der Waals surface area contributed by atoms with Crippen LogP contribution in [0.1, 0.15) is 12.6 Å². The minimum atomic E-state index is -1.14. The Balaban J connectivity index is 1.77. The van der Waals surface area contributed by atoms with E-state index in [1.165, 1.54) is 34.6 Å². The Bertz CT molecular complexity index is 1130. The van der Waals surface area contributed by atoms with Gasteiger partial charge in [-0.2, -0.15) is 0 Å². The quantitative estimate of drug-likeness (QED) is 0.248. The molecule has 0 aromatic carbocycles. The zero-order valence-electron chi connectivity index (χ0n) is 19.7. The first-order chi connectivity index (χ1) is 17.3. The lowest BCUT2D eigenvalue weighted by Crippen LogP contribution is -2.46. The van der Waals surface area contributed by atoms with Crippen LogP contribution in [0.3, 0.4) is 0 Å². The molecule has 3 amide bonds. The Hall–Kier alpha value is -4.04. The van der Waals surface area contributed by atoms with Crippen molar-refractivity contribution >= 4 is 46.1 Å². The second kappa shape index (κ2) is 11.6. The number of amides is 3. The number of hydrazine groups is 1. The van der Waals surface area contributed by atoms with Crippen molar-refractivity contribution in [3.8, 4) is 0 Å². The normalized spacial score (nSPS) is 18.2. The lowest BCUT2D eigenvalue weighted by atomic mass is 10.1. The van der Waals surface area contributed by atoms with E-state index >= 15 is 0 Å². The first kappa shape index (κ1) is 26.6. The molecular formula is C22H26N6O7S. The summed E-state index contributed by atoms with van der Waals surface area (Å²) in [6, 6.07) is -0.961. The maximum Gasteiger partial charge on any atom is 0.416 e. The summed E-state index contributed by atoms with van der Waals surface area (Å²) in [6.45, 7) is 9.58. The predicted molar refractivity (Wildman–Crippen MR) is 130 cm³/mol. The fourth-order valence-electron chi connectivity index (χ4n) is 3.68. The highest BCUT2D eigenvalue weighted by Crippen LogP contribution is 2.30. The van der Waals surface area contributed by atoms with Crippen LogP contribution >= 0.6 is 11.3 Å². The molecule has 1 aromatic heterocycles. The highest BCUT2D eigenvalue weighted by molar-refractivity contribution is 7.14. The van der Waals surface area contributed by atoms with E-state index in [1.807, 2.05) is 0 Å². The number of nitrogens with one attached hydrogen (secondary N) is 1. The number of rotatable bonds is 11. The van der Waals surface area contributed by atoms with Gasteiger partial charge in [0.15, 0.2) is 10.8 Å². The highest BCUT2D eigenvalue weighted by atomic mass is 32.1. The molecule has 1 fully saturated rings. The molecule has 14 heteroatoms. The van der Waals surface area contributed by atoms with E-state index in [2.05, 4.69) is 28.6 Å². The van der Waals surface area contributed by atoms with Gasteiger partial charge < -0.3 is 20.0 Å². The Morgan fingerprint density at radius 2 is 2.19 bits per heavy atom. The van der Waals surface area contributed by atoms with Crippen LogP contribution < -0.4 is 10.2 Å². The molecule has 192 valence electrons. The second-order valence-electron chi connectivity index (χ2n) is 7.46. The Morgan fingerprint density at radius 1 is 1.44 bits per heavy atom. The van der Waals surface area contributed by atoms with Gasteiger partial charge in [0.05, 0.1) is 12.3 Å². The third kappa shape index (κ3) is 5.28. The maximum absolute atomic E-state index is 13.1. The van der Waals surface area contributed by atoms with Gasteiger partial charge in [0.25, 0.3) is 11.8 Å². The number of hydrogen-bond acceptors (Lipinski definition) is 10. The van der Waals surface area contributed by atoms with E-state index in [0.717, 1.165) is 11.3 Å². The molecular weight excluding hydrogens is 492 g/mol. The summed E-state index contributed by atoms with van der Waals surface area (Å²) in [5, 5.41) is 20.5. The number of thiazole rings is 1. The van der Waals surface area contributed by atoms with Gasteiger partial charge in [-0.1, -0.05) is 17.3 Å². The maximum atomic E-state index is 13.1. The summed E-state index contributed by atoms with van der Waals surface area (Å²) in [5.74, 6) is -3.42. The van der Waals surface area contributed by atoms with Crippen LogP contribution in [-0.4, -0.2) is 89.1 Å². The second-order valence-corrected chi connectivity index (χ2v) is 8.30. The van der Waals surface area contributed by atoms with E-state index in [9.17, 15) is 24.3 Å². The number of ether oxygens (including phenoxy) is 1. The lowest BCUT2D eigenvalue weighted by Gasteiger charge is -2.24. The molecule has 1 aromatic rings. The molecule has 3 rings (SSSR count). The molecule has 1 unspecified atom stereocenters. The first-order valence-electron chi connectivity index (χ1n) is 10.8. The van der Waals surface area contributed by atoms with Crippen LogP contribution in [0.15, 0.2) is 47.6 Å². The van der Waals surface area contributed by atoms with Crippen LogP contribution in [0, 0.1) is 5.92 Å². The number of fused-ring (bicyclic) bond motifs is 1. The molecule has 2 aliphatic rings. The van der Waals surface area contributed by atoms with Crippen molar-refractivity contribution in [2.45, 2.75) is 13.0 Å². The van der Waals surface area contributed by atoms with Crippen molar-refractivity contribution in [1.29, 1.82) is 0 Å². The zero-order chi connectivity index (χ0) is 26.4. The molecule has 36 heavy (non-hydrogen) atoms. The molecule has 1 saturated heterocycles. The Kier molecular flexibility index (Phi) is 8.55. The van der Waals surface area contributed by atoms with Gasteiger partial charge in [-0.3, -0.25) is 14.4 Å². The number of hydrogen-bond donors (Lipinski definition) is 2. The first-order valence-corrected chi connectivity index (χ1v) is 11.7. The molecule has 13 nitrogen and oxygen atoms in total. The standard InChI is InChI=1S/C22H26N6O7S/c1-5-9-27(22(33)35-7-3)21-24-15(12-36-21)17(25-34-4)18(29)23-14-11-26-10-8-16(28(26)19(14)30)13(6-2)20(31)32/h5-6,8,12-14H,1-2,7,9-11H2,3-4H3,(H,23,29)(H,31,32)/b25-17-/t13?,14-/m0/s1. The Labute approximate surface area is 210 Å². The minimum Gasteiger partial charge on any atom is -0.481 e. The van der Waals surface area contributed by atoms with Crippen LogP contribution in [0.25, 0.3) is 0 Å². The molecule has 0 radical (unpaired) electrons. The third-order valence-corrected chi connectivity index (χ3v) is 6.09. The van der Waals surface area contributed by atoms with Gasteiger partial charge >= 0.3 is 12.1 Å². The van der Waals surface area contributed by atoms with Crippen LogP contribution in [0.4, 0.5) is 9.93 Å². The third-order valence-electron chi connectivity index (χ3n) is 5.23.